The maximum atomic E-state index is 12.4. The predicted molar refractivity (Wildman–Crippen MR) is 100 cm³/mol. The molecule has 2 aromatic rings. The van der Waals surface area contributed by atoms with Crippen LogP contribution in [-0.2, 0) is 4.79 Å². The summed E-state index contributed by atoms with van der Waals surface area (Å²) in [6, 6.07) is 14.1. The minimum atomic E-state index is 0.0703. The van der Waals surface area contributed by atoms with Gasteiger partial charge in [0.05, 0.1) is 0 Å². The van der Waals surface area contributed by atoms with E-state index in [1.165, 1.54) is 11.1 Å². The molecule has 1 aromatic heterocycles. The number of carbonyl (C=O) groups is 1. The van der Waals surface area contributed by atoms with Crippen molar-refractivity contribution in [2.45, 2.75) is 6.42 Å². The van der Waals surface area contributed by atoms with Crippen LogP contribution in [0.2, 0.25) is 0 Å². The number of hydrogen-bond acceptors (Lipinski definition) is 3. The van der Waals surface area contributed by atoms with E-state index in [1.54, 1.807) is 24.4 Å². The first-order valence-electron chi connectivity index (χ1n) is 8.64. The van der Waals surface area contributed by atoms with E-state index >= 15 is 0 Å². The summed E-state index contributed by atoms with van der Waals surface area (Å²) in [5, 5.41) is 0. The van der Waals surface area contributed by atoms with Gasteiger partial charge in [0.1, 0.15) is 5.82 Å². The second-order valence-electron chi connectivity index (χ2n) is 6.78. The molecule has 2 heterocycles. The Morgan fingerprint density at radius 3 is 2.72 bits per heavy atom. The summed E-state index contributed by atoms with van der Waals surface area (Å²) in [4.78, 5) is 18.4. The number of nitrogens with two attached hydrogens (primary N) is 1. The Kier molecular flexibility index (Phi) is 4.10. The Balaban J connectivity index is 1.39. The second-order valence-corrected chi connectivity index (χ2v) is 6.78. The number of hydrogen-bond donors (Lipinski definition) is 1. The molecule has 25 heavy (non-hydrogen) atoms. The third kappa shape index (κ3) is 3.33. The molecule has 1 aliphatic heterocycles. The summed E-state index contributed by atoms with van der Waals surface area (Å²) in [6.07, 6.45) is 8.53. The molecule has 1 fully saturated rings. The molecule has 1 amide bonds. The van der Waals surface area contributed by atoms with Gasteiger partial charge in [-0.3, -0.25) is 4.79 Å². The summed E-state index contributed by atoms with van der Waals surface area (Å²) < 4.78 is 0. The van der Waals surface area contributed by atoms with Gasteiger partial charge in [-0.25, -0.2) is 4.98 Å². The number of aromatic nitrogens is 1. The third-order valence-electron chi connectivity index (χ3n) is 5.07. The van der Waals surface area contributed by atoms with Crippen molar-refractivity contribution in [2.24, 2.45) is 11.8 Å². The van der Waals surface area contributed by atoms with Crippen molar-refractivity contribution >= 4 is 23.4 Å². The lowest BCUT2D eigenvalue weighted by atomic mass is 9.98. The number of fused-ring (bicyclic) bond motifs is 1. The van der Waals surface area contributed by atoms with E-state index in [4.69, 9.17) is 5.73 Å². The highest BCUT2D eigenvalue weighted by Crippen LogP contribution is 2.40. The monoisotopic (exact) mass is 331 g/mol. The van der Waals surface area contributed by atoms with Crippen LogP contribution in [0.3, 0.4) is 0 Å². The molecule has 0 radical (unpaired) electrons. The molecular formula is C21H21N3O. The van der Waals surface area contributed by atoms with Gasteiger partial charge in [0.2, 0.25) is 5.91 Å². The van der Waals surface area contributed by atoms with Crippen LogP contribution in [-0.4, -0.2) is 28.9 Å². The van der Waals surface area contributed by atoms with Crippen LogP contribution in [0.15, 0.2) is 60.8 Å². The van der Waals surface area contributed by atoms with Crippen LogP contribution in [0, 0.1) is 11.8 Å². The SMILES string of the molecule is Nc1ccc(C=CC(=O)N2CC3C=C(c4ccccc4)CC3C2)cn1. The van der Waals surface area contributed by atoms with Crippen molar-refractivity contribution < 1.29 is 4.79 Å². The van der Waals surface area contributed by atoms with E-state index in [9.17, 15) is 4.79 Å². The van der Waals surface area contributed by atoms with Crippen molar-refractivity contribution in [2.75, 3.05) is 18.8 Å². The van der Waals surface area contributed by atoms with Gasteiger partial charge >= 0.3 is 0 Å². The number of nitrogen functional groups attached to an aromatic ring is 1. The molecule has 2 unspecified atom stereocenters. The molecule has 0 bridgehead atoms. The molecule has 1 aromatic carbocycles. The van der Waals surface area contributed by atoms with E-state index in [2.05, 4.69) is 35.3 Å². The zero-order chi connectivity index (χ0) is 17.2. The van der Waals surface area contributed by atoms with E-state index in [1.807, 2.05) is 17.0 Å². The maximum absolute atomic E-state index is 12.4. The average molecular weight is 331 g/mol. The number of nitrogens with zero attached hydrogens (tertiary/aromatic N) is 2. The molecule has 2 atom stereocenters. The fourth-order valence-electron chi connectivity index (χ4n) is 3.74. The summed E-state index contributed by atoms with van der Waals surface area (Å²) in [6.45, 7) is 1.64. The molecule has 0 saturated carbocycles. The molecular weight excluding hydrogens is 310 g/mol. The topological polar surface area (TPSA) is 59.2 Å². The van der Waals surface area contributed by atoms with Gasteiger partial charge in [0, 0.05) is 25.4 Å². The fraction of sp³-hybridized carbons (Fsp3) is 0.238. The van der Waals surface area contributed by atoms with E-state index in [0.717, 1.165) is 25.1 Å². The molecule has 0 spiro atoms. The smallest absolute Gasteiger partial charge is 0.246 e. The molecule has 1 aliphatic carbocycles. The maximum Gasteiger partial charge on any atom is 0.246 e. The number of anilines is 1. The van der Waals surface area contributed by atoms with E-state index in [-0.39, 0.29) is 5.91 Å². The highest BCUT2D eigenvalue weighted by Gasteiger charge is 2.37. The minimum absolute atomic E-state index is 0.0703. The van der Waals surface area contributed by atoms with Crippen LogP contribution in [0.4, 0.5) is 5.82 Å². The van der Waals surface area contributed by atoms with Crippen molar-refractivity contribution in [3.8, 4) is 0 Å². The van der Waals surface area contributed by atoms with Crippen LogP contribution < -0.4 is 5.73 Å². The van der Waals surface area contributed by atoms with Crippen molar-refractivity contribution in [3.05, 3.63) is 71.9 Å². The lowest BCUT2D eigenvalue weighted by Gasteiger charge is -2.15. The number of carbonyl (C=O) groups excluding carboxylic acids is 1. The molecule has 4 heteroatoms. The quantitative estimate of drug-likeness (QED) is 0.879. The standard InChI is InChI=1S/C21H21N3O/c22-20-8-6-15(12-23-20)7-9-21(25)24-13-18-10-17(11-19(18)14-24)16-4-2-1-3-5-16/h1-10,12,18-19H,11,13-14H2,(H2,22,23). The highest BCUT2D eigenvalue weighted by atomic mass is 16.2. The normalized spacial score (nSPS) is 22.2. The zero-order valence-electron chi connectivity index (χ0n) is 14.0. The van der Waals surface area contributed by atoms with Gasteiger partial charge in [0.25, 0.3) is 0 Å². The van der Waals surface area contributed by atoms with Gasteiger partial charge in [-0.1, -0.05) is 36.4 Å². The van der Waals surface area contributed by atoms with Crippen molar-refractivity contribution in [3.63, 3.8) is 0 Å². The molecule has 2 aliphatic rings. The number of amides is 1. The second kappa shape index (κ2) is 6.55. The van der Waals surface area contributed by atoms with Crippen molar-refractivity contribution in [1.29, 1.82) is 0 Å². The molecule has 2 N–H and O–H groups in total. The first kappa shape index (κ1) is 15.6. The molecule has 126 valence electrons. The fourth-order valence-corrected chi connectivity index (χ4v) is 3.74. The van der Waals surface area contributed by atoms with E-state index < -0.39 is 0 Å². The molecule has 4 nitrogen and oxygen atoms in total. The number of rotatable bonds is 3. The van der Waals surface area contributed by atoms with Crippen LogP contribution >= 0.6 is 0 Å². The number of benzene rings is 1. The van der Waals surface area contributed by atoms with Gasteiger partial charge in [-0.2, -0.15) is 0 Å². The Labute approximate surface area is 147 Å². The zero-order valence-corrected chi connectivity index (χ0v) is 14.0. The highest BCUT2D eigenvalue weighted by molar-refractivity contribution is 5.92. The predicted octanol–water partition coefficient (Wildman–Crippen LogP) is 3.24. The van der Waals surface area contributed by atoms with Crippen LogP contribution in [0.5, 0.6) is 0 Å². The van der Waals surface area contributed by atoms with Crippen LogP contribution in [0.1, 0.15) is 17.5 Å². The third-order valence-corrected chi connectivity index (χ3v) is 5.07. The molecule has 4 rings (SSSR count). The van der Waals surface area contributed by atoms with Gasteiger partial charge in [-0.15, -0.1) is 0 Å². The van der Waals surface area contributed by atoms with Gasteiger partial charge in [0.15, 0.2) is 0 Å². The number of allylic oxidation sites excluding steroid dienone is 1. The Hall–Kier alpha value is -2.88. The summed E-state index contributed by atoms with van der Waals surface area (Å²) >= 11 is 0. The Morgan fingerprint density at radius 2 is 2.00 bits per heavy atom. The largest absolute Gasteiger partial charge is 0.384 e. The first-order valence-corrected chi connectivity index (χ1v) is 8.64. The Morgan fingerprint density at radius 1 is 1.16 bits per heavy atom. The van der Waals surface area contributed by atoms with Crippen molar-refractivity contribution in [1.82, 2.24) is 9.88 Å². The van der Waals surface area contributed by atoms with Gasteiger partial charge in [-0.05, 0) is 53.2 Å². The summed E-state index contributed by atoms with van der Waals surface area (Å²) in [5.74, 6) is 1.58. The minimum Gasteiger partial charge on any atom is -0.384 e. The lowest BCUT2D eigenvalue weighted by molar-refractivity contribution is -0.125. The first-order chi connectivity index (χ1) is 12.2. The van der Waals surface area contributed by atoms with E-state index in [0.29, 0.717) is 17.7 Å². The summed E-state index contributed by atoms with van der Waals surface area (Å²) in [7, 11) is 0. The van der Waals surface area contributed by atoms with Gasteiger partial charge < -0.3 is 10.6 Å². The Bertz CT molecular complexity index is 824. The molecule has 1 saturated heterocycles. The number of pyridine rings is 1. The average Bonchev–Trinajstić information content (AvgIpc) is 3.21. The summed E-state index contributed by atoms with van der Waals surface area (Å²) in [5.41, 5.74) is 9.19. The lowest BCUT2D eigenvalue weighted by Crippen LogP contribution is -2.27. The van der Waals surface area contributed by atoms with Crippen LogP contribution in [0.25, 0.3) is 11.6 Å². The number of likely N-dealkylation sites (tertiary alicyclic amines) is 1.